The van der Waals surface area contributed by atoms with E-state index in [2.05, 4.69) is 30.6 Å². The average Bonchev–Trinajstić information content (AvgIpc) is 3.36. The molecule has 39 heavy (non-hydrogen) atoms. The Bertz CT molecular complexity index is 1470. The fraction of sp³-hybridized carbons (Fsp3) is 0.333. The van der Waals surface area contributed by atoms with E-state index in [0.29, 0.717) is 50.2 Å². The molecule has 4 heterocycles. The molecule has 12 heteroatoms. The number of nitrogens with one attached hydrogen (secondary N) is 2. The molecule has 0 atom stereocenters. The van der Waals surface area contributed by atoms with Gasteiger partial charge in [-0.3, -0.25) is 10.3 Å². The maximum absolute atomic E-state index is 12.1. The standard InChI is InChI=1S/C27H29N7O4S/c1-3-28-25(37)33-26-32-21-14-17(13-19(22(21)39-26)20-7-5-6-10-29-20)18-15-30-24(31-16-18)34-11-8-27(9-12-34,23(35)36)38-4-2/h5-7,10,13-16H,3-4,8-9,11-12H2,1-2H3,(H,35,36)(H2,28,32,33,37). The van der Waals surface area contributed by atoms with Crippen LogP contribution in [0, 0.1) is 0 Å². The van der Waals surface area contributed by atoms with E-state index >= 15 is 0 Å². The van der Waals surface area contributed by atoms with Gasteiger partial charge in [0.1, 0.15) is 0 Å². The summed E-state index contributed by atoms with van der Waals surface area (Å²) in [5.41, 5.74) is 2.93. The number of amides is 2. The van der Waals surface area contributed by atoms with Crippen LogP contribution < -0.4 is 15.5 Å². The largest absolute Gasteiger partial charge is 0.479 e. The highest BCUT2D eigenvalue weighted by atomic mass is 32.1. The number of benzene rings is 1. The van der Waals surface area contributed by atoms with Crippen LogP contribution in [0.4, 0.5) is 15.9 Å². The Kier molecular flexibility index (Phi) is 7.66. The fourth-order valence-corrected chi connectivity index (χ4v) is 5.63. The third-order valence-electron chi connectivity index (χ3n) is 6.62. The molecule has 3 N–H and O–H groups in total. The number of anilines is 2. The molecule has 11 nitrogen and oxygen atoms in total. The first-order valence-corrected chi connectivity index (χ1v) is 13.6. The summed E-state index contributed by atoms with van der Waals surface area (Å²) in [6, 6.07) is 9.40. The number of piperidine rings is 1. The molecule has 1 saturated heterocycles. The summed E-state index contributed by atoms with van der Waals surface area (Å²) < 4.78 is 6.52. The number of rotatable bonds is 8. The van der Waals surface area contributed by atoms with Crippen molar-refractivity contribution in [2.24, 2.45) is 0 Å². The van der Waals surface area contributed by atoms with Gasteiger partial charge in [0.15, 0.2) is 10.7 Å². The molecule has 2 amide bonds. The zero-order chi connectivity index (χ0) is 27.4. The topological polar surface area (TPSA) is 142 Å². The molecule has 0 saturated carbocycles. The summed E-state index contributed by atoms with van der Waals surface area (Å²) in [4.78, 5) is 44.2. The van der Waals surface area contributed by atoms with Crippen molar-refractivity contribution in [2.75, 3.05) is 36.5 Å². The molecule has 0 unspecified atom stereocenters. The molecule has 1 aliphatic heterocycles. The van der Waals surface area contributed by atoms with Crippen molar-refractivity contribution in [3.8, 4) is 22.4 Å². The summed E-state index contributed by atoms with van der Waals surface area (Å²) >= 11 is 1.39. The van der Waals surface area contributed by atoms with Crippen LogP contribution >= 0.6 is 11.3 Å². The number of hydrogen-bond donors (Lipinski definition) is 3. The van der Waals surface area contributed by atoms with E-state index in [0.717, 1.165) is 32.6 Å². The van der Waals surface area contributed by atoms with Crippen LogP contribution in [0.15, 0.2) is 48.9 Å². The summed E-state index contributed by atoms with van der Waals surface area (Å²) in [6.07, 6.45) is 5.98. The molecule has 1 fully saturated rings. The number of urea groups is 1. The van der Waals surface area contributed by atoms with Crippen LogP contribution in [0.1, 0.15) is 26.7 Å². The van der Waals surface area contributed by atoms with Crippen LogP contribution in [0.3, 0.4) is 0 Å². The molecular formula is C27H29N7O4S. The van der Waals surface area contributed by atoms with E-state index in [4.69, 9.17) is 4.74 Å². The minimum absolute atomic E-state index is 0.306. The lowest BCUT2D eigenvalue weighted by Gasteiger charge is -2.38. The Morgan fingerprint density at radius 1 is 1.10 bits per heavy atom. The molecule has 5 rings (SSSR count). The van der Waals surface area contributed by atoms with Crippen molar-refractivity contribution in [1.29, 1.82) is 0 Å². The monoisotopic (exact) mass is 547 g/mol. The molecule has 0 aliphatic carbocycles. The number of aliphatic carboxylic acids is 1. The predicted molar refractivity (Wildman–Crippen MR) is 150 cm³/mol. The van der Waals surface area contributed by atoms with Crippen LogP contribution in [0.2, 0.25) is 0 Å². The smallest absolute Gasteiger partial charge is 0.336 e. The average molecular weight is 548 g/mol. The summed E-state index contributed by atoms with van der Waals surface area (Å²) in [6.45, 7) is 5.50. The van der Waals surface area contributed by atoms with E-state index in [1.807, 2.05) is 49.1 Å². The summed E-state index contributed by atoms with van der Waals surface area (Å²) in [7, 11) is 0. The maximum atomic E-state index is 12.1. The lowest BCUT2D eigenvalue weighted by atomic mass is 9.91. The van der Waals surface area contributed by atoms with Gasteiger partial charge in [-0.2, -0.15) is 0 Å². The fourth-order valence-electron chi connectivity index (χ4n) is 4.66. The number of ether oxygens (including phenoxy) is 1. The predicted octanol–water partition coefficient (Wildman–Crippen LogP) is 4.42. The molecule has 4 aromatic rings. The second-order valence-corrected chi connectivity index (χ2v) is 10.1. The maximum Gasteiger partial charge on any atom is 0.336 e. The Hall–Kier alpha value is -4.16. The van der Waals surface area contributed by atoms with E-state index < -0.39 is 11.6 Å². The number of nitrogens with zero attached hydrogens (tertiary/aromatic N) is 5. The highest BCUT2D eigenvalue weighted by Crippen LogP contribution is 2.38. The summed E-state index contributed by atoms with van der Waals surface area (Å²) in [5, 5.41) is 15.7. The number of carboxylic acid groups (broad SMARTS) is 1. The molecule has 202 valence electrons. The first kappa shape index (κ1) is 26.4. The van der Waals surface area contributed by atoms with Crippen LogP contribution in [-0.4, -0.2) is 68.9 Å². The van der Waals surface area contributed by atoms with Gasteiger partial charge in [0.2, 0.25) is 5.95 Å². The third kappa shape index (κ3) is 5.52. The van der Waals surface area contributed by atoms with Gasteiger partial charge >= 0.3 is 12.0 Å². The van der Waals surface area contributed by atoms with Gasteiger partial charge in [-0.25, -0.2) is 24.5 Å². The van der Waals surface area contributed by atoms with Gasteiger partial charge < -0.3 is 20.1 Å². The number of thiazole rings is 1. The number of carbonyl (C=O) groups is 2. The minimum Gasteiger partial charge on any atom is -0.479 e. The zero-order valence-corrected chi connectivity index (χ0v) is 22.5. The Morgan fingerprint density at radius 3 is 2.51 bits per heavy atom. The first-order chi connectivity index (χ1) is 18.9. The van der Waals surface area contributed by atoms with Crippen LogP contribution in [0.25, 0.3) is 32.6 Å². The van der Waals surface area contributed by atoms with E-state index in [1.165, 1.54) is 11.3 Å². The van der Waals surface area contributed by atoms with Crippen molar-refractivity contribution in [1.82, 2.24) is 25.3 Å². The van der Waals surface area contributed by atoms with Crippen molar-refractivity contribution in [3.63, 3.8) is 0 Å². The second kappa shape index (κ2) is 11.3. The molecule has 0 bridgehead atoms. The number of aromatic nitrogens is 4. The molecule has 1 aliphatic rings. The number of pyridine rings is 1. The van der Waals surface area contributed by atoms with E-state index in [-0.39, 0.29) is 6.03 Å². The molecule has 0 radical (unpaired) electrons. The first-order valence-electron chi connectivity index (χ1n) is 12.8. The lowest BCUT2D eigenvalue weighted by molar-refractivity contribution is -0.168. The number of hydrogen-bond acceptors (Lipinski definition) is 9. The highest BCUT2D eigenvalue weighted by molar-refractivity contribution is 7.22. The Balaban J connectivity index is 1.43. The van der Waals surface area contributed by atoms with Crippen molar-refractivity contribution in [2.45, 2.75) is 32.3 Å². The lowest BCUT2D eigenvalue weighted by Crippen LogP contribution is -2.51. The highest BCUT2D eigenvalue weighted by Gasteiger charge is 2.42. The van der Waals surface area contributed by atoms with Gasteiger partial charge in [-0.05, 0) is 43.7 Å². The zero-order valence-electron chi connectivity index (χ0n) is 21.7. The quantitative estimate of drug-likeness (QED) is 0.292. The number of carbonyl (C=O) groups excluding carboxylic acids is 1. The van der Waals surface area contributed by atoms with Crippen LogP contribution in [0.5, 0.6) is 0 Å². The molecule has 0 spiro atoms. The number of carboxylic acids is 1. The third-order valence-corrected chi connectivity index (χ3v) is 7.64. The van der Waals surface area contributed by atoms with Crippen molar-refractivity contribution < 1.29 is 19.4 Å². The Morgan fingerprint density at radius 2 is 1.87 bits per heavy atom. The second-order valence-electron chi connectivity index (χ2n) is 9.08. The van der Waals surface area contributed by atoms with Crippen molar-refractivity contribution >= 4 is 44.6 Å². The number of fused-ring (bicyclic) bond motifs is 1. The SMILES string of the molecule is CCNC(=O)Nc1nc2cc(-c3cnc(N4CCC(OCC)(C(=O)O)CC4)nc3)cc(-c3ccccn3)c2s1. The van der Waals surface area contributed by atoms with Gasteiger partial charge in [-0.1, -0.05) is 17.4 Å². The van der Waals surface area contributed by atoms with Gasteiger partial charge in [-0.15, -0.1) is 0 Å². The van der Waals surface area contributed by atoms with Gasteiger partial charge in [0.25, 0.3) is 0 Å². The Labute approximate surface area is 229 Å². The summed E-state index contributed by atoms with van der Waals surface area (Å²) in [5.74, 6) is -0.381. The molecular weight excluding hydrogens is 518 g/mol. The minimum atomic E-state index is -1.15. The molecule has 1 aromatic carbocycles. The van der Waals surface area contributed by atoms with Crippen molar-refractivity contribution in [3.05, 3.63) is 48.9 Å². The normalized spacial score (nSPS) is 14.8. The van der Waals surface area contributed by atoms with Crippen LogP contribution in [-0.2, 0) is 9.53 Å². The van der Waals surface area contributed by atoms with E-state index in [9.17, 15) is 14.7 Å². The van der Waals surface area contributed by atoms with E-state index in [1.54, 1.807) is 18.6 Å². The van der Waals surface area contributed by atoms with Gasteiger partial charge in [0.05, 0.1) is 15.9 Å². The van der Waals surface area contributed by atoms with Gasteiger partial charge in [0, 0.05) is 68.8 Å². The molecule has 3 aromatic heterocycles.